The number of rotatable bonds is 5. The maximum atomic E-state index is 12.4. The van der Waals surface area contributed by atoms with Gasteiger partial charge in [0.2, 0.25) is 0 Å². The Hall–Kier alpha value is -3.08. The number of aryl methyl sites for hydroxylation is 2. The minimum absolute atomic E-state index is 0.256. The summed E-state index contributed by atoms with van der Waals surface area (Å²) in [5, 5.41) is 5.09. The zero-order valence-electron chi connectivity index (χ0n) is 14.6. The zero-order valence-corrected chi connectivity index (χ0v) is 14.6. The molecule has 1 aromatic heterocycles. The number of hydrogen-bond acceptors (Lipinski definition) is 3. The topological polar surface area (TPSA) is 66.5 Å². The molecule has 25 heavy (non-hydrogen) atoms. The molecule has 0 saturated carbocycles. The van der Waals surface area contributed by atoms with Gasteiger partial charge in [-0.05, 0) is 68.3 Å². The number of hydrogen-bond donors (Lipinski definition) is 2. The Balaban J connectivity index is 1.71. The Morgan fingerprint density at radius 1 is 1.20 bits per heavy atom. The number of nitrogens with one attached hydrogen (secondary N) is 2. The predicted octanol–water partition coefficient (Wildman–Crippen LogP) is 3.95. The molecular formula is C20H21N3O2. The van der Waals surface area contributed by atoms with E-state index in [1.807, 2.05) is 57.2 Å². The summed E-state index contributed by atoms with van der Waals surface area (Å²) in [6.07, 6.45) is 1.61. The van der Waals surface area contributed by atoms with Crippen LogP contribution >= 0.6 is 0 Å². The Morgan fingerprint density at radius 3 is 2.68 bits per heavy atom. The second kappa shape index (κ2) is 7.21. The molecule has 1 amide bonds. The van der Waals surface area contributed by atoms with Crippen LogP contribution in [-0.2, 0) is 0 Å². The van der Waals surface area contributed by atoms with Gasteiger partial charge in [0.1, 0.15) is 11.4 Å². The van der Waals surface area contributed by atoms with E-state index in [2.05, 4.69) is 21.6 Å². The van der Waals surface area contributed by atoms with E-state index in [1.54, 1.807) is 6.21 Å². The van der Waals surface area contributed by atoms with Crippen LogP contribution in [0.3, 0.4) is 0 Å². The number of nitrogens with zero attached hydrogens (tertiary/aromatic N) is 1. The van der Waals surface area contributed by atoms with E-state index < -0.39 is 0 Å². The van der Waals surface area contributed by atoms with E-state index in [1.165, 1.54) is 0 Å². The van der Waals surface area contributed by atoms with Crippen molar-refractivity contribution in [1.29, 1.82) is 0 Å². The Labute approximate surface area is 146 Å². The van der Waals surface area contributed by atoms with E-state index in [-0.39, 0.29) is 5.91 Å². The molecular weight excluding hydrogens is 314 g/mol. The highest BCUT2D eigenvalue weighted by Crippen LogP contribution is 2.22. The van der Waals surface area contributed by atoms with Crippen molar-refractivity contribution >= 4 is 23.0 Å². The summed E-state index contributed by atoms with van der Waals surface area (Å²) < 4.78 is 5.39. The van der Waals surface area contributed by atoms with Crippen molar-refractivity contribution in [2.45, 2.75) is 20.8 Å². The molecule has 0 atom stereocenters. The molecule has 2 aromatic carbocycles. The fourth-order valence-electron chi connectivity index (χ4n) is 2.71. The average Bonchev–Trinajstić information content (AvgIpc) is 2.93. The van der Waals surface area contributed by atoms with Gasteiger partial charge in [0.05, 0.1) is 12.8 Å². The highest BCUT2D eigenvalue weighted by atomic mass is 16.5. The summed E-state index contributed by atoms with van der Waals surface area (Å²) in [5.74, 6) is 0.557. The quantitative estimate of drug-likeness (QED) is 0.548. The second-order valence-electron chi connectivity index (χ2n) is 5.88. The minimum atomic E-state index is -0.256. The fraction of sp³-hybridized carbons (Fsp3) is 0.200. The van der Waals surface area contributed by atoms with Crippen molar-refractivity contribution in [1.82, 2.24) is 10.4 Å². The van der Waals surface area contributed by atoms with Crippen molar-refractivity contribution in [3.63, 3.8) is 0 Å². The second-order valence-corrected chi connectivity index (χ2v) is 5.88. The monoisotopic (exact) mass is 335 g/mol. The molecule has 0 unspecified atom stereocenters. The highest BCUT2D eigenvalue weighted by molar-refractivity contribution is 6.01. The molecule has 0 radical (unpaired) electrons. The number of hydrazone groups is 1. The first-order chi connectivity index (χ1) is 12.1. The molecule has 0 fully saturated rings. The van der Waals surface area contributed by atoms with Gasteiger partial charge in [-0.2, -0.15) is 5.10 Å². The number of aromatic nitrogens is 1. The number of amides is 1. The van der Waals surface area contributed by atoms with Gasteiger partial charge in [0.15, 0.2) is 0 Å². The number of ether oxygens (including phenoxy) is 1. The van der Waals surface area contributed by atoms with Crippen LogP contribution in [0.4, 0.5) is 0 Å². The molecule has 0 saturated heterocycles. The lowest BCUT2D eigenvalue weighted by atomic mass is 10.1. The maximum Gasteiger partial charge on any atom is 0.288 e. The Morgan fingerprint density at radius 2 is 1.96 bits per heavy atom. The zero-order chi connectivity index (χ0) is 17.8. The van der Waals surface area contributed by atoms with Crippen molar-refractivity contribution in [2.75, 3.05) is 6.61 Å². The lowest BCUT2D eigenvalue weighted by Crippen LogP contribution is -2.18. The fourth-order valence-corrected chi connectivity index (χ4v) is 2.71. The van der Waals surface area contributed by atoms with E-state index >= 15 is 0 Å². The lowest BCUT2D eigenvalue weighted by molar-refractivity contribution is 0.0950. The highest BCUT2D eigenvalue weighted by Gasteiger charge is 2.14. The van der Waals surface area contributed by atoms with Gasteiger partial charge in [-0.1, -0.05) is 11.6 Å². The molecule has 5 heteroatoms. The van der Waals surface area contributed by atoms with Crippen LogP contribution in [0.5, 0.6) is 5.75 Å². The van der Waals surface area contributed by atoms with Crippen LogP contribution in [0.2, 0.25) is 0 Å². The van der Waals surface area contributed by atoms with Crippen molar-refractivity contribution in [3.05, 3.63) is 64.8 Å². The van der Waals surface area contributed by atoms with Gasteiger partial charge in [0, 0.05) is 10.9 Å². The first kappa shape index (κ1) is 16.8. The number of H-pyrrole nitrogens is 1. The number of fused-ring (bicyclic) bond motifs is 1. The van der Waals surface area contributed by atoms with E-state index in [9.17, 15) is 4.79 Å². The SMILES string of the molecule is CCOc1ccc(/C=N\NC(=O)c2[nH]c3ccc(C)cc3c2C)cc1. The van der Waals surface area contributed by atoms with E-state index in [4.69, 9.17) is 4.74 Å². The van der Waals surface area contributed by atoms with Gasteiger partial charge in [0.25, 0.3) is 5.91 Å². The van der Waals surface area contributed by atoms with Crippen LogP contribution in [0.25, 0.3) is 10.9 Å². The molecule has 2 N–H and O–H groups in total. The molecule has 0 aliphatic heterocycles. The van der Waals surface area contributed by atoms with Crippen LogP contribution < -0.4 is 10.2 Å². The summed E-state index contributed by atoms with van der Waals surface area (Å²) in [5.41, 5.74) is 7.02. The van der Waals surface area contributed by atoms with Gasteiger partial charge in [-0.25, -0.2) is 5.43 Å². The summed E-state index contributed by atoms with van der Waals surface area (Å²) >= 11 is 0. The summed E-state index contributed by atoms with van der Waals surface area (Å²) in [4.78, 5) is 15.5. The summed E-state index contributed by atoms with van der Waals surface area (Å²) in [6, 6.07) is 13.6. The largest absolute Gasteiger partial charge is 0.494 e. The Bertz CT molecular complexity index is 924. The lowest BCUT2D eigenvalue weighted by Gasteiger charge is -2.02. The molecule has 0 bridgehead atoms. The molecule has 0 aliphatic rings. The number of carbonyl (C=O) groups is 1. The molecule has 3 aromatic rings. The van der Waals surface area contributed by atoms with Gasteiger partial charge < -0.3 is 9.72 Å². The van der Waals surface area contributed by atoms with Crippen molar-refractivity contribution < 1.29 is 9.53 Å². The first-order valence-corrected chi connectivity index (χ1v) is 8.23. The standard InChI is InChI=1S/C20H21N3O2/c1-4-25-16-8-6-15(7-9-16)12-21-23-20(24)19-14(3)17-11-13(2)5-10-18(17)22-19/h5-12,22H,4H2,1-3H3,(H,23,24)/b21-12-. The maximum absolute atomic E-state index is 12.4. The molecule has 0 spiro atoms. The smallest absolute Gasteiger partial charge is 0.288 e. The Kier molecular flexibility index (Phi) is 4.84. The van der Waals surface area contributed by atoms with Crippen LogP contribution in [0.15, 0.2) is 47.6 Å². The van der Waals surface area contributed by atoms with E-state index in [0.29, 0.717) is 12.3 Å². The normalized spacial score (nSPS) is 11.2. The molecule has 128 valence electrons. The van der Waals surface area contributed by atoms with Gasteiger partial charge in [-0.3, -0.25) is 4.79 Å². The third kappa shape index (κ3) is 3.71. The third-order valence-electron chi connectivity index (χ3n) is 4.01. The van der Waals surface area contributed by atoms with Gasteiger partial charge >= 0.3 is 0 Å². The number of aromatic amines is 1. The molecule has 3 rings (SSSR count). The predicted molar refractivity (Wildman–Crippen MR) is 100 cm³/mol. The van der Waals surface area contributed by atoms with Gasteiger partial charge in [-0.15, -0.1) is 0 Å². The molecule has 5 nitrogen and oxygen atoms in total. The molecule has 0 aliphatic carbocycles. The van der Waals surface area contributed by atoms with Crippen LogP contribution in [0, 0.1) is 13.8 Å². The summed E-state index contributed by atoms with van der Waals surface area (Å²) in [7, 11) is 0. The van der Waals surface area contributed by atoms with Crippen molar-refractivity contribution in [3.8, 4) is 5.75 Å². The van der Waals surface area contributed by atoms with Crippen LogP contribution in [0.1, 0.15) is 34.1 Å². The third-order valence-corrected chi connectivity index (χ3v) is 4.01. The molecule has 1 heterocycles. The number of carbonyl (C=O) groups excluding carboxylic acids is 1. The van der Waals surface area contributed by atoms with E-state index in [0.717, 1.165) is 33.3 Å². The summed E-state index contributed by atoms with van der Waals surface area (Å²) in [6.45, 7) is 6.54. The minimum Gasteiger partial charge on any atom is -0.494 e. The number of benzene rings is 2. The van der Waals surface area contributed by atoms with Crippen LogP contribution in [-0.4, -0.2) is 23.7 Å². The van der Waals surface area contributed by atoms with Crippen molar-refractivity contribution in [2.24, 2.45) is 5.10 Å². The first-order valence-electron chi connectivity index (χ1n) is 8.23. The average molecular weight is 335 g/mol.